The fourth-order valence-electron chi connectivity index (χ4n) is 4.83. The summed E-state index contributed by atoms with van der Waals surface area (Å²) in [7, 11) is -4.12. The van der Waals surface area contributed by atoms with Gasteiger partial charge in [-0.3, -0.25) is 14.4 Å². The van der Waals surface area contributed by atoms with Crippen molar-refractivity contribution in [1.82, 2.24) is 14.5 Å². The number of amides is 2. The monoisotopic (exact) mass is 515 g/mol. The molecule has 3 heterocycles. The third kappa shape index (κ3) is 4.91. The van der Waals surface area contributed by atoms with Gasteiger partial charge in [0, 0.05) is 23.9 Å². The van der Waals surface area contributed by atoms with Crippen LogP contribution in [0, 0.1) is 11.1 Å². The van der Waals surface area contributed by atoms with E-state index in [1.807, 2.05) is 13.8 Å². The third-order valence-electron chi connectivity index (χ3n) is 6.50. The summed E-state index contributed by atoms with van der Waals surface area (Å²) in [6, 6.07) is 6.35. The van der Waals surface area contributed by atoms with Gasteiger partial charge in [0.25, 0.3) is 5.91 Å². The SMILES string of the molecule is CC(C)CC(NC(=O)c1ccc(N)cc1)C(=O)N1CCC2C1C(=O)CN2S(=O)(=O)c1ccc[n+]([O-])c1. The number of aromatic nitrogens is 1. The van der Waals surface area contributed by atoms with E-state index in [1.165, 1.54) is 23.2 Å². The third-order valence-corrected chi connectivity index (χ3v) is 8.35. The summed E-state index contributed by atoms with van der Waals surface area (Å²) in [6.07, 6.45) is 2.72. The van der Waals surface area contributed by atoms with Gasteiger partial charge in [0.2, 0.25) is 15.9 Å². The lowest BCUT2D eigenvalue weighted by molar-refractivity contribution is -0.607. The quantitative estimate of drug-likeness (QED) is 0.305. The Labute approximate surface area is 209 Å². The second kappa shape index (κ2) is 9.86. The molecule has 2 aliphatic rings. The first-order valence-electron chi connectivity index (χ1n) is 11.7. The van der Waals surface area contributed by atoms with E-state index >= 15 is 0 Å². The Balaban J connectivity index is 1.55. The Morgan fingerprint density at radius 1 is 1.22 bits per heavy atom. The highest BCUT2D eigenvalue weighted by molar-refractivity contribution is 7.89. The number of nitrogens with two attached hydrogens (primary N) is 1. The van der Waals surface area contributed by atoms with E-state index in [4.69, 9.17) is 5.73 Å². The van der Waals surface area contributed by atoms with Crippen LogP contribution in [0.15, 0.2) is 53.7 Å². The molecular weight excluding hydrogens is 486 g/mol. The molecule has 192 valence electrons. The summed E-state index contributed by atoms with van der Waals surface area (Å²) in [5, 5.41) is 14.4. The lowest BCUT2D eigenvalue weighted by Gasteiger charge is -2.29. The van der Waals surface area contributed by atoms with Gasteiger partial charge < -0.3 is 21.2 Å². The number of sulfonamides is 1. The molecule has 0 radical (unpaired) electrons. The number of fused-ring (bicyclic) bond motifs is 1. The van der Waals surface area contributed by atoms with Crippen LogP contribution in [0.25, 0.3) is 0 Å². The molecular formula is C24H29N5O6S. The summed E-state index contributed by atoms with van der Waals surface area (Å²) in [5.41, 5.74) is 6.53. The fourth-order valence-corrected chi connectivity index (χ4v) is 6.46. The zero-order valence-corrected chi connectivity index (χ0v) is 20.8. The van der Waals surface area contributed by atoms with Gasteiger partial charge in [0.1, 0.15) is 17.0 Å². The number of hydrogen-bond acceptors (Lipinski definition) is 7. The molecule has 0 saturated carbocycles. The Hall–Kier alpha value is -3.51. The molecule has 2 fully saturated rings. The van der Waals surface area contributed by atoms with Crippen molar-refractivity contribution in [2.75, 3.05) is 18.8 Å². The number of nitrogens with one attached hydrogen (secondary N) is 1. The van der Waals surface area contributed by atoms with Crippen LogP contribution in [0.2, 0.25) is 0 Å². The minimum atomic E-state index is -4.12. The van der Waals surface area contributed by atoms with Gasteiger partial charge in [0.15, 0.2) is 18.2 Å². The molecule has 1 aromatic carbocycles. The average molecular weight is 516 g/mol. The maximum atomic E-state index is 13.6. The molecule has 2 amide bonds. The van der Waals surface area contributed by atoms with E-state index in [1.54, 1.807) is 24.3 Å². The Morgan fingerprint density at radius 2 is 1.92 bits per heavy atom. The highest BCUT2D eigenvalue weighted by Gasteiger charge is 2.54. The van der Waals surface area contributed by atoms with Crippen LogP contribution >= 0.6 is 0 Å². The standard InChI is InChI=1S/C24H29N5O6S/c1-15(2)12-19(26-23(31)16-5-7-17(25)8-6-16)24(32)28-11-9-20-22(28)21(30)14-29(20)36(34,35)18-4-3-10-27(33)13-18/h3-8,10,13,15,19-20,22H,9,11-12,14,25H2,1-2H3,(H,26,31). The number of anilines is 1. The van der Waals surface area contributed by atoms with Crippen molar-refractivity contribution in [2.45, 2.75) is 49.7 Å². The van der Waals surface area contributed by atoms with Crippen molar-refractivity contribution in [3.05, 3.63) is 59.6 Å². The van der Waals surface area contributed by atoms with Gasteiger partial charge in [-0.2, -0.15) is 9.04 Å². The number of nitrogen functional groups attached to an aromatic ring is 1. The van der Waals surface area contributed by atoms with Crippen LogP contribution < -0.4 is 15.8 Å². The smallest absolute Gasteiger partial charge is 0.251 e. The Kier molecular flexibility index (Phi) is 7.01. The first-order valence-corrected chi connectivity index (χ1v) is 13.1. The molecule has 11 nitrogen and oxygen atoms in total. The molecule has 3 N–H and O–H groups in total. The number of benzene rings is 1. The second-order valence-electron chi connectivity index (χ2n) is 9.53. The Bertz CT molecular complexity index is 1280. The summed E-state index contributed by atoms with van der Waals surface area (Å²) in [4.78, 5) is 40.6. The molecule has 1 aromatic heterocycles. The van der Waals surface area contributed by atoms with E-state index in [9.17, 15) is 28.0 Å². The molecule has 36 heavy (non-hydrogen) atoms. The van der Waals surface area contributed by atoms with Crippen molar-refractivity contribution >= 4 is 33.3 Å². The molecule has 0 bridgehead atoms. The Morgan fingerprint density at radius 3 is 2.56 bits per heavy atom. The second-order valence-corrected chi connectivity index (χ2v) is 11.4. The van der Waals surface area contributed by atoms with Gasteiger partial charge in [-0.05, 0) is 49.1 Å². The van der Waals surface area contributed by atoms with Crippen LogP contribution in [0.1, 0.15) is 37.0 Å². The molecule has 4 rings (SSSR count). The maximum absolute atomic E-state index is 13.6. The number of nitrogens with zero attached hydrogens (tertiary/aromatic N) is 3. The lowest BCUT2D eigenvalue weighted by Crippen LogP contribution is -2.53. The first kappa shape index (κ1) is 25.6. The first-order chi connectivity index (χ1) is 17.0. The largest absolute Gasteiger partial charge is 0.619 e. The van der Waals surface area contributed by atoms with Crippen LogP contribution in [-0.2, 0) is 19.6 Å². The van der Waals surface area contributed by atoms with Crippen molar-refractivity contribution < 1.29 is 27.5 Å². The minimum Gasteiger partial charge on any atom is -0.619 e. The topological polar surface area (TPSA) is 157 Å². The van der Waals surface area contributed by atoms with Crippen molar-refractivity contribution in [3.63, 3.8) is 0 Å². The zero-order valence-electron chi connectivity index (χ0n) is 20.0. The summed E-state index contributed by atoms with van der Waals surface area (Å²) >= 11 is 0. The van der Waals surface area contributed by atoms with Crippen LogP contribution in [0.3, 0.4) is 0 Å². The van der Waals surface area contributed by atoms with Crippen LogP contribution in [-0.4, -0.2) is 66.4 Å². The van der Waals surface area contributed by atoms with Crippen LogP contribution in [0.5, 0.6) is 0 Å². The van der Waals surface area contributed by atoms with E-state index in [-0.39, 0.29) is 30.3 Å². The van der Waals surface area contributed by atoms with Gasteiger partial charge in [-0.25, -0.2) is 8.42 Å². The van der Waals surface area contributed by atoms with Crippen LogP contribution in [0.4, 0.5) is 5.69 Å². The molecule has 2 saturated heterocycles. The van der Waals surface area contributed by atoms with Gasteiger partial charge in [0.05, 0.1) is 12.6 Å². The summed E-state index contributed by atoms with van der Waals surface area (Å²) < 4.78 is 27.9. The number of likely N-dealkylation sites (tertiary alicyclic amines) is 1. The van der Waals surface area contributed by atoms with Gasteiger partial charge >= 0.3 is 0 Å². The lowest BCUT2D eigenvalue weighted by atomic mass is 10.0. The average Bonchev–Trinajstić information content (AvgIpc) is 3.40. The number of ketones is 1. The van der Waals surface area contributed by atoms with E-state index in [2.05, 4.69) is 5.32 Å². The predicted octanol–water partition coefficient (Wildman–Crippen LogP) is 0.290. The fraction of sp³-hybridized carbons (Fsp3) is 0.417. The number of hydrogen-bond donors (Lipinski definition) is 2. The van der Waals surface area contributed by atoms with Crippen molar-refractivity contribution in [2.24, 2.45) is 5.92 Å². The number of carbonyl (C=O) groups is 3. The molecule has 2 aromatic rings. The maximum Gasteiger partial charge on any atom is 0.251 e. The number of rotatable bonds is 7. The van der Waals surface area contributed by atoms with E-state index in [0.29, 0.717) is 22.4 Å². The van der Waals surface area contributed by atoms with E-state index < -0.39 is 45.7 Å². The molecule has 2 aliphatic heterocycles. The zero-order chi connectivity index (χ0) is 26.2. The van der Waals surface area contributed by atoms with Gasteiger partial charge in [-0.1, -0.05) is 13.8 Å². The number of carbonyl (C=O) groups excluding carboxylic acids is 3. The highest BCUT2D eigenvalue weighted by atomic mass is 32.2. The molecule has 0 spiro atoms. The molecule has 3 unspecified atom stereocenters. The van der Waals surface area contributed by atoms with Crippen molar-refractivity contribution in [1.29, 1.82) is 0 Å². The molecule has 12 heteroatoms. The molecule has 3 atom stereocenters. The molecule has 0 aliphatic carbocycles. The predicted molar refractivity (Wildman–Crippen MR) is 130 cm³/mol. The number of Topliss-reactive ketones (excluding diaryl/α,β-unsaturated/α-hetero) is 1. The summed E-state index contributed by atoms with van der Waals surface area (Å²) in [5.74, 6) is -1.20. The highest BCUT2D eigenvalue weighted by Crippen LogP contribution is 2.34. The number of pyridine rings is 1. The van der Waals surface area contributed by atoms with Gasteiger partial charge in [-0.15, -0.1) is 0 Å². The summed E-state index contributed by atoms with van der Waals surface area (Å²) in [6.45, 7) is 3.62. The van der Waals surface area contributed by atoms with Crippen molar-refractivity contribution in [3.8, 4) is 0 Å². The minimum absolute atomic E-state index is 0.0668. The van der Waals surface area contributed by atoms with E-state index in [0.717, 1.165) is 10.5 Å². The normalized spacial score (nSPS) is 21.0.